The van der Waals surface area contributed by atoms with Crippen molar-refractivity contribution in [1.29, 1.82) is 0 Å². The Kier molecular flexibility index (Phi) is 6.66. The molecule has 11 heteroatoms. The highest BCUT2D eigenvalue weighted by molar-refractivity contribution is 5.84. The van der Waals surface area contributed by atoms with Crippen LogP contribution in [0.1, 0.15) is 16.7 Å². The van der Waals surface area contributed by atoms with E-state index in [0.29, 0.717) is 5.56 Å². The first kappa shape index (κ1) is 23.0. The molecule has 0 aliphatic rings. The predicted molar refractivity (Wildman–Crippen MR) is 99.7 cm³/mol. The number of anilines is 1. The van der Waals surface area contributed by atoms with E-state index in [1.54, 1.807) is 17.6 Å². The van der Waals surface area contributed by atoms with E-state index < -0.39 is 46.5 Å². The number of hydrogen-bond donors (Lipinski definition) is 1. The molecule has 0 heterocycles. The molecule has 0 atom stereocenters. The molecule has 0 unspecified atom stereocenters. The van der Waals surface area contributed by atoms with Gasteiger partial charge in [-0.3, -0.25) is 5.43 Å². The van der Waals surface area contributed by atoms with E-state index in [-0.39, 0.29) is 17.9 Å². The Balaban J connectivity index is 1.80. The Hall–Kier alpha value is -3.63. The molecule has 0 amide bonds. The zero-order valence-electron chi connectivity index (χ0n) is 15.8. The zero-order valence-corrected chi connectivity index (χ0v) is 15.8. The quantitative estimate of drug-likeness (QED) is 0.199. The van der Waals surface area contributed by atoms with E-state index in [1.807, 2.05) is 0 Å². The number of rotatable bonds is 6. The van der Waals surface area contributed by atoms with Gasteiger partial charge in [0.1, 0.15) is 29.4 Å². The zero-order chi connectivity index (χ0) is 23.5. The van der Waals surface area contributed by atoms with Crippen LogP contribution in [0.25, 0.3) is 0 Å². The Morgan fingerprint density at radius 1 is 0.812 bits per heavy atom. The molecule has 32 heavy (non-hydrogen) atoms. The average molecular weight is 460 g/mol. The molecule has 0 bridgehead atoms. The number of nitrogens with zero attached hydrogens (tertiary/aromatic N) is 1. The molecule has 1 N–H and O–H groups in total. The van der Waals surface area contributed by atoms with Gasteiger partial charge in [0.25, 0.3) is 0 Å². The molecule has 0 radical (unpaired) electrons. The van der Waals surface area contributed by atoms with Crippen LogP contribution in [0.3, 0.4) is 0 Å². The molecule has 0 spiro atoms. The van der Waals surface area contributed by atoms with Gasteiger partial charge in [-0.15, -0.1) is 0 Å². The van der Waals surface area contributed by atoms with Crippen LogP contribution in [0.2, 0.25) is 0 Å². The fraction of sp³-hybridized carbons (Fsp3) is 0.0952. The van der Waals surface area contributed by atoms with Gasteiger partial charge in [-0.25, -0.2) is 22.0 Å². The van der Waals surface area contributed by atoms with E-state index >= 15 is 0 Å². The molecule has 0 aliphatic heterocycles. The average Bonchev–Trinajstić information content (AvgIpc) is 2.74. The van der Waals surface area contributed by atoms with Gasteiger partial charge >= 0.3 is 6.18 Å². The summed E-state index contributed by atoms with van der Waals surface area (Å²) in [4.78, 5) is 0. The van der Waals surface area contributed by atoms with Gasteiger partial charge in [-0.1, -0.05) is 24.3 Å². The molecular formula is C21H12F8N2O. The topological polar surface area (TPSA) is 33.6 Å². The second kappa shape index (κ2) is 9.25. The molecule has 3 nitrogen and oxygen atoms in total. The van der Waals surface area contributed by atoms with Gasteiger partial charge in [0.2, 0.25) is 0 Å². The maximum absolute atomic E-state index is 13.9. The molecule has 0 saturated carbocycles. The number of alkyl halides is 3. The number of hydrazone groups is 1. The van der Waals surface area contributed by atoms with E-state index in [4.69, 9.17) is 4.74 Å². The first-order chi connectivity index (χ1) is 15.1. The highest BCUT2D eigenvalue weighted by Gasteiger charge is 2.42. The molecule has 0 fully saturated rings. The number of halogens is 8. The van der Waals surface area contributed by atoms with Gasteiger partial charge in [-0.2, -0.15) is 18.3 Å². The molecule has 3 rings (SSSR count). The van der Waals surface area contributed by atoms with Crippen molar-refractivity contribution in [3.05, 3.63) is 94.3 Å². The van der Waals surface area contributed by atoms with Crippen LogP contribution in [-0.2, 0) is 12.8 Å². The molecule has 3 aromatic carbocycles. The van der Waals surface area contributed by atoms with Crippen molar-refractivity contribution < 1.29 is 39.9 Å². The summed E-state index contributed by atoms with van der Waals surface area (Å²) in [5, 5.41) is 3.44. The third kappa shape index (κ3) is 4.98. The van der Waals surface area contributed by atoms with Crippen molar-refractivity contribution in [3.8, 4) is 5.75 Å². The lowest BCUT2D eigenvalue weighted by Crippen LogP contribution is -2.16. The van der Waals surface area contributed by atoms with Crippen molar-refractivity contribution in [2.45, 2.75) is 12.8 Å². The normalized spacial score (nSPS) is 11.8. The third-order valence-electron chi connectivity index (χ3n) is 4.15. The van der Waals surface area contributed by atoms with Gasteiger partial charge < -0.3 is 4.74 Å². The van der Waals surface area contributed by atoms with Crippen LogP contribution < -0.4 is 10.2 Å². The number of para-hydroxylation sites is 1. The summed E-state index contributed by atoms with van der Waals surface area (Å²) in [5.74, 6) is -9.95. The summed E-state index contributed by atoms with van der Waals surface area (Å²) in [7, 11) is 0. The molecular weight excluding hydrogens is 448 g/mol. The fourth-order valence-electron chi connectivity index (χ4n) is 2.61. The number of ether oxygens (including phenoxy) is 1. The lowest BCUT2D eigenvalue weighted by Gasteiger charge is -2.13. The van der Waals surface area contributed by atoms with Crippen molar-refractivity contribution >= 4 is 11.9 Å². The minimum Gasteiger partial charge on any atom is -0.488 e. The summed E-state index contributed by atoms with van der Waals surface area (Å²) in [6.07, 6.45) is -4.66. The second-order valence-electron chi connectivity index (χ2n) is 6.33. The van der Waals surface area contributed by atoms with Crippen molar-refractivity contribution in [1.82, 2.24) is 0 Å². The molecule has 168 valence electrons. The largest absolute Gasteiger partial charge is 0.488 e. The third-order valence-corrected chi connectivity index (χ3v) is 4.15. The van der Waals surface area contributed by atoms with Gasteiger partial charge in [0, 0.05) is 5.56 Å². The van der Waals surface area contributed by atoms with Crippen LogP contribution in [0, 0.1) is 29.1 Å². The van der Waals surface area contributed by atoms with Crippen LogP contribution in [0.15, 0.2) is 53.6 Å². The lowest BCUT2D eigenvalue weighted by atomic mass is 10.1. The Bertz CT molecular complexity index is 1110. The van der Waals surface area contributed by atoms with Gasteiger partial charge in [0.15, 0.2) is 23.3 Å². The summed E-state index contributed by atoms with van der Waals surface area (Å²) in [6, 6.07) is 11.6. The van der Waals surface area contributed by atoms with E-state index in [1.165, 1.54) is 36.4 Å². The Labute approximate surface area is 175 Å². The van der Waals surface area contributed by atoms with E-state index in [0.717, 1.165) is 6.21 Å². The lowest BCUT2D eigenvalue weighted by molar-refractivity contribution is -0.143. The van der Waals surface area contributed by atoms with Gasteiger partial charge in [-0.05, 0) is 29.8 Å². The summed E-state index contributed by atoms with van der Waals surface area (Å²) >= 11 is 0. The maximum atomic E-state index is 13.9. The van der Waals surface area contributed by atoms with Crippen LogP contribution in [0.5, 0.6) is 5.75 Å². The molecule has 3 aromatic rings. The highest BCUT2D eigenvalue weighted by atomic mass is 19.4. The molecule has 0 saturated heterocycles. The van der Waals surface area contributed by atoms with Gasteiger partial charge in [0.05, 0.1) is 6.21 Å². The number of nitrogens with one attached hydrogen (secondary N) is 1. The highest BCUT2D eigenvalue weighted by Crippen LogP contribution is 2.38. The van der Waals surface area contributed by atoms with Crippen LogP contribution in [0.4, 0.5) is 40.8 Å². The number of benzene rings is 3. The Morgan fingerprint density at radius 2 is 1.41 bits per heavy atom. The minimum absolute atomic E-state index is 0.0388. The van der Waals surface area contributed by atoms with Crippen molar-refractivity contribution in [2.24, 2.45) is 5.10 Å². The summed E-state index contributed by atoms with van der Waals surface area (Å²) in [6.45, 7) is 0.0388. The SMILES string of the molecule is Fc1ccc(COc2ccccc2/C=N/Nc2c(F)c(F)c(C(F)(F)F)c(F)c2F)cc1. The van der Waals surface area contributed by atoms with Crippen molar-refractivity contribution in [3.63, 3.8) is 0 Å². The molecule has 0 aliphatic carbocycles. The molecule has 0 aromatic heterocycles. The van der Waals surface area contributed by atoms with Crippen LogP contribution >= 0.6 is 0 Å². The van der Waals surface area contributed by atoms with E-state index in [2.05, 4.69) is 5.10 Å². The van der Waals surface area contributed by atoms with Crippen molar-refractivity contribution in [2.75, 3.05) is 5.43 Å². The summed E-state index contributed by atoms with van der Waals surface area (Å²) < 4.78 is 112. The summed E-state index contributed by atoms with van der Waals surface area (Å²) in [5.41, 5.74) is -1.65. The number of hydrogen-bond acceptors (Lipinski definition) is 3. The second-order valence-corrected chi connectivity index (χ2v) is 6.33. The van der Waals surface area contributed by atoms with Crippen LogP contribution in [-0.4, -0.2) is 6.21 Å². The maximum Gasteiger partial charge on any atom is 0.422 e. The smallest absolute Gasteiger partial charge is 0.422 e. The van der Waals surface area contributed by atoms with E-state index in [9.17, 15) is 35.1 Å². The fourth-order valence-corrected chi connectivity index (χ4v) is 2.61. The standard InChI is InChI=1S/C21H12F8N2O/c22-13-7-5-11(6-8-13)10-32-14-4-2-1-3-12(14)9-30-31-20-18(25)16(23)15(21(27,28)29)17(24)19(20)26/h1-9,31H,10H2/b30-9+. The first-order valence-electron chi connectivity index (χ1n) is 8.78. The first-order valence-corrected chi connectivity index (χ1v) is 8.78. The minimum atomic E-state index is -5.64. The Morgan fingerprint density at radius 3 is 2.00 bits per heavy atom. The predicted octanol–water partition coefficient (Wildman–Crippen LogP) is 6.43. The monoisotopic (exact) mass is 460 g/mol.